The van der Waals surface area contributed by atoms with Crippen LogP contribution >= 0.6 is 23.2 Å². The topological polar surface area (TPSA) is 66.5 Å². The van der Waals surface area contributed by atoms with Crippen molar-refractivity contribution in [3.63, 3.8) is 0 Å². The third-order valence-corrected chi connectivity index (χ3v) is 7.08. The lowest BCUT2D eigenvalue weighted by Crippen LogP contribution is -2.32. The standard InChI is InChI=1S/C22H26Cl2N2O3S/c1-15(17-9-8-16-5-3-6-18(16)13-17)25-22(27)7-4-12-26(30(2,28)29)21-14-19(23)10-11-20(21)24/h8-11,13-15H,3-7,12H2,1-2H3,(H,25,27)/t15-/m1/s1. The summed E-state index contributed by atoms with van der Waals surface area (Å²) < 4.78 is 25.7. The Morgan fingerprint density at radius 1 is 1.13 bits per heavy atom. The Hall–Kier alpha value is -1.76. The number of sulfonamides is 1. The van der Waals surface area contributed by atoms with Gasteiger partial charge in [0.05, 0.1) is 23.0 Å². The number of hydrogen-bond acceptors (Lipinski definition) is 3. The van der Waals surface area contributed by atoms with Crippen LogP contribution in [-0.2, 0) is 27.7 Å². The van der Waals surface area contributed by atoms with Crippen LogP contribution in [0.2, 0.25) is 10.0 Å². The van der Waals surface area contributed by atoms with Crippen LogP contribution in [-0.4, -0.2) is 27.1 Å². The fourth-order valence-electron chi connectivity index (χ4n) is 3.78. The summed E-state index contributed by atoms with van der Waals surface area (Å²) in [6, 6.07) is 11.0. The Labute approximate surface area is 188 Å². The monoisotopic (exact) mass is 468 g/mol. The minimum absolute atomic E-state index is 0.100. The van der Waals surface area contributed by atoms with E-state index in [2.05, 4.69) is 23.5 Å². The average molecular weight is 469 g/mol. The van der Waals surface area contributed by atoms with Gasteiger partial charge in [-0.25, -0.2) is 8.42 Å². The summed E-state index contributed by atoms with van der Waals surface area (Å²) in [5, 5.41) is 3.69. The quantitative estimate of drug-likeness (QED) is 0.598. The van der Waals surface area contributed by atoms with Gasteiger partial charge in [-0.2, -0.15) is 0 Å². The maximum Gasteiger partial charge on any atom is 0.232 e. The molecule has 0 unspecified atom stereocenters. The van der Waals surface area contributed by atoms with E-state index in [-0.39, 0.29) is 24.9 Å². The first kappa shape index (κ1) is 22.9. The van der Waals surface area contributed by atoms with Crippen molar-refractivity contribution in [2.24, 2.45) is 0 Å². The molecule has 0 aliphatic heterocycles. The molecule has 0 fully saturated rings. The van der Waals surface area contributed by atoms with Crippen LogP contribution in [0.4, 0.5) is 5.69 Å². The number of carbonyl (C=O) groups excluding carboxylic acids is 1. The van der Waals surface area contributed by atoms with Gasteiger partial charge in [-0.15, -0.1) is 0 Å². The summed E-state index contributed by atoms with van der Waals surface area (Å²) in [7, 11) is -3.57. The van der Waals surface area contributed by atoms with Crippen LogP contribution in [0.5, 0.6) is 0 Å². The molecule has 30 heavy (non-hydrogen) atoms. The maximum atomic E-state index is 12.4. The zero-order chi connectivity index (χ0) is 21.9. The molecule has 2 aromatic rings. The summed E-state index contributed by atoms with van der Waals surface area (Å²) in [5.41, 5.74) is 4.18. The van der Waals surface area contributed by atoms with Crippen LogP contribution < -0.4 is 9.62 Å². The van der Waals surface area contributed by atoms with Gasteiger partial charge in [0, 0.05) is 18.0 Å². The van der Waals surface area contributed by atoms with Gasteiger partial charge in [-0.05, 0) is 67.5 Å². The average Bonchev–Trinajstić information content (AvgIpc) is 3.14. The van der Waals surface area contributed by atoms with Crippen molar-refractivity contribution in [2.75, 3.05) is 17.1 Å². The molecule has 1 atom stereocenters. The number of halogens is 2. The highest BCUT2D eigenvalue weighted by molar-refractivity contribution is 7.92. The third-order valence-electron chi connectivity index (χ3n) is 5.34. The molecule has 0 saturated carbocycles. The predicted octanol–water partition coefficient (Wildman–Crippen LogP) is 4.91. The van der Waals surface area contributed by atoms with Gasteiger partial charge in [-0.1, -0.05) is 41.4 Å². The van der Waals surface area contributed by atoms with E-state index in [0.717, 1.165) is 24.7 Å². The van der Waals surface area contributed by atoms with Crippen molar-refractivity contribution in [3.05, 3.63) is 63.1 Å². The smallest absolute Gasteiger partial charge is 0.232 e. The molecule has 1 amide bonds. The normalized spacial score (nSPS) is 14.3. The molecular weight excluding hydrogens is 443 g/mol. The summed E-state index contributed by atoms with van der Waals surface area (Å²) >= 11 is 12.2. The van der Waals surface area contributed by atoms with Gasteiger partial charge >= 0.3 is 0 Å². The van der Waals surface area contributed by atoms with E-state index in [1.807, 2.05) is 6.92 Å². The summed E-state index contributed by atoms with van der Waals surface area (Å²) in [4.78, 5) is 12.4. The molecule has 1 aliphatic carbocycles. The molecule has 8 heteroatoms. The highest BCUT2D eigenvalue weighted by Crippen LogP contribution is 2.31. The fourth-order valence-corrected chi connectivity index (χ4v) is 5.19. The van der Waals surface area contributed by atoms with Gasteiger partial charge in [0.25, 0.3) is 0 Å². The molecule has 0 saturated heterocycles. The van der Waals surface area contributed by atoms with Crippen molar-refractivity contribution >= 4 is 44.8 Å². The molecule has 1 aliphatic rings. The Morgan fingerprint density at radius 2 is 1.87 bits per heavy atom. The van der Waals surface area contributed by atoms with Crippen LogP contribution in [0.15, 0.2) is 36.4 Å². The van der Waals surface area contributed by atoms with E-state index in [0.29, 0.717) is 22.2 Å². The summed E-state index contributed by atoms with van der Waals surface area (Å²) in [6.45, 7) is 2.10. The zero-order valence-corrected chi connectivity index (χ0v) is 19.4. The SMILES string of the molecule is C[C@@H](NC(=O)CCCN(c1cc(Cl)ccc1Cl)S(C)(=O)=O)c1ccc2c(c1)CCC2. The fraction of sp³-hybridized carbons (Fsp3) is 0.409. The number of carbonyl (C=O) groups is 1. The lowest BCUT2D eigenvalue weighted by Gasteiger charge is -2.23. The highest BCUT2D eigenvalue weighted by Gasteiger charge is 2.21. The van der Waals surface area contributed by atoms with E-state index >= 15 is 0 Å². The van der Waals surface area contributed by atoms with Crippen molar-refractivity contribution < 1.29 is 13.2 Å². The molecule has 0 aromatic heterocycles. The molecule has 0 bridgehead atoms. The zero-order valence-electron chi connectivity index (χ0n) is 17.1. The van der Waals surface area contributed by atoms with E-state index in [4.69, 9.17) is 23.2 Å². The first-order valence-corrected chi connectivity index (χ1v) is 12.6. The number of benzene rings is 2. The second kappa shape index (κ2) is 9.58. The maximum absolute atomic E-state index is 12.4. The van der Waals surface area contributed by atoms with E-state index in [1.54, 1.807) is 12.1 Å². The van der Waals surface area contributed by atoms with Crippen molar-refractivity contribution in [1.29, 1.82) is 0 Å². The number of amides is 1. The predicted molar refractivity (Wildman–Crippen MR) is 123 cm³/mol. The first-order valence-electron chi connectivity index (χ1n) is 9.99. The van der Waals surface area contributed by atoms with Crippen molar-refractivity contribution in [2.45, 2.75) is 45.1 Å². The van der Waals surface area contributed by atoms with Crippen LogP contribution in [0, 0.1) is 0 Å². The molecule has 162 valence electrons. The molecular formula is C22H26Cl2N2O3S. The molecule has 0 spiro atoms. The number of hydrogen-bond donors (Lipinski definition) is 1. The van der Waals surface area contributed by atoms with Gasteiger partial charge in [-0.3, -0.25) is 9.10 Å². The Bertz CT molecular complexity index is 1040. The van der Waals surface area contributed by atoms with E-state index < -0.39 is 10.0 Å². The number of rotatable bonds is 8. The van der Waals surface area contributed by atoms with Crippen LogP contribution in [0.1, 0.15) is 48.9 Å². The first-order chi connectivity index (χ1) is 14.1. The summed E-state index contributed by atoms with van der Waals surface area (Å²) in [5.74, 6) is -0.117. The number of aryl methyl sites for hydroxylation is 2. The number of anilines is 1. The Kier molecular flexibility index (Phi) is 7.32. The van der Waals surface area contributed by atoms with Gasteiger partial charge < -0.3 is 5.32 Å². The number of nitrogens with zero attached hydrogens (tertiary/aromatic N) is 1. The van der Waals surface area contributed by atoms with Gasteiger partial charge in [0.1, 0.15) is 0 Å². The number of nitrogens with one attached hydrogen (secondary N) is 1. The lowest BCUT2D eigenvalue weighted by atomic mass is 10.0. The second-order valence-corrected chi connectivity index (χ2v) is 10.5. The third kappa shape index (κ3) is 5.68. The summed E-state index contributed by atoms with van der Waals surface area (Å²) in [6.07, 6.45) is 5.09. The Morgan fingerprint density at radius 3 is 2.60 bits per heavy atom. The largest absolute Gasteiger partial charge is 0.350 e. The molecule has 0 radical (unpaired) electrons. The molecule has 5 nitrogen and oxygen atoms in total. The lowest BCUT2D eigenvalue weighted by molar-refractivity contribution is -0.121. The van der Waals surface area contributed by atoms with Crippen LogP contribution in [0.25, 0.3) is 0 Å². The molecule has 2 aromatic carbocycles. The minimum Gasteiger partial charge on any atom is -0.350 e. The van der Waals surface area contributed by atoms with Gasteiger partial charge in [0.2, 0.25) is 15.9 Å². The molecule has 0 heterocycles. The van der Waals surface area contributed by atoms with E-state index in [1.165, 1.54) is 27.9 Å². The Balaban J connectivity index is 1.58. The molecule has 1 N–H and O–H groups in total. The van der Waals surface area contributed by atoms with Crippen LogP contribution in [0.3, 0.4) is 0 Å². The minimum atomic E-state index is -3.57. The van der Waals surface area contributed by atoms with Gasteiger partial charge in [0.15, 0.2) is 0 Å². The number of fused-ring (bicyclic) bond motifs is 1. The van der Waals surface area contributed by atoms with Crippen molar-refractivity contribution in [1.82, 2.24) is 5.32 Å². The van der Waals surface area contributed by atoms with E-state index in [9.17, 15) is 13.2 Å². The highest BCUT2D eigenvalue weighted by atomic mass is 35.5. The second-order valence-electron chi connectivity index (χ2n) is 7.71. The van der Waals surface area contributed by atoms with Crippen molar-refractivity contribution in [3.8, 4) is 0 Å². The molecule has 3 rings (SSSR count).